The molecule has 0 aromatic heterocycles. The molecule has 0 saturated carbocycles. The van der Waals surface area contributed by atoms with Crippen molar-refractivity contribution in [2.45, 2.75) is 23.5 Å². The normalized spacial score (nSPS) is 17.4. The number of halogens is 2. The molecular formula is C13H18F2N2O2S. The fraction of sp³-hybridized carbons (Fsp3) is 0.538. The van der Waals surface area contributed by atoms with E-state index in [4.69, 9.17) is 0 Å². The van der Waals surface area contributed by atoms with E-state index in [2.05, 4.69) is 10.6 Å². The van der Waals surface area contributed by atoms with Crippen molar-refractivity contribution in [2.75, 3.05) is 25.0 Å². The summed E-state index contributed by atoms with van der Waals surface area (Å²) < 4.78 is 48.5. The SMILES string of the molecule is O=S(=O)(c1ccccc1NCC1CCNCC1)C(F)F. The molecule has 0 unspecified atom stereocenters. The molecule has 2 N–H and O–H groups in total. The minimum Gasteiger partial charge on any atom is -0.384 e. The fourth-order valence-corrected chi connectivity index (χ4v) is 3.20. The van der Waals surface area contributed by atoms with Crippen molar-refractivity contribution in [2.24, 2.45) is 5.92 Å². The quantitative estimate of drug-likeness (QED) is 0.874. The van der Waals surface area contributed by atoms with Gasteiger partial charge in [0.2, 0.25) is 9.84 Å². The van der Waals surface area contributed by atoms with Gasteiger partial charge in [0.15, 0.2) is 0 Å². The lowest BCUT2D eigenvalue weighted by Gasteiger charge is -2.23. The summed E-state index contributed by atoms with van der Waals surface area (Å²) in [5, 5.41) is 6.24. The summed E-state index contributed by atoms with van der Waals surface area (Å²) in [5.41, 5.74) is 0.256. The molecule has 4 nitrogen and oxygen atoms in total. The standard InChI is InChI=1S/C13H18F2N2O2S/c14-13(15)20(18,19)12-4-2-1-3-11(12)17-9-10-5-7-16-8-6-10/h1-4,10,13,16-17H,5-9H2. The van der Waals surface area contributed by atoms with Gasteiger partial charge in [0.05, 0.1) is 10.6 Å². The smallest absolute Gasteiger partial charge is 0.341 e. The van der Waals surface area contributed by atoms with Crippen LogP contribution in [0.3, 0.4) is 0 Å². The third-order valence-electron chi connectivity index (χ3n) is 3.47. The van der Waals surface area contributed by atoms with Crippen LogP contribution in [-0.2, 0) is 9.84 Å². The summed E-state index contributed by atoms with van der Waals surface area (Å²) in [6, 6.07) is 5.82. The molecule has 1 aromatic carbocycles. The number of benzene rings is 1. The average Bonchev–Trinajstić information content (AvgIpc) is 2.46. The Hall–Kier alpha value is -1.21. The molecule has 0 bridgehead atoms. The van der Waals surface area contributed by atoms with Crippen LogP contribution < -0.4 is 10.6 Å². The number of nitrogens with one attached hydrogen (secondary N) is 2. The molecule has 1 fully saturated rings. The molecule has 0 aliphatic carbocycles. The van der Waals surface area contributed by atoms with Gasteiger partial charge in [-0.2, -0.15) is 8.78 Å². The number of alkyl halides is 2. The highest BCUT2D eigenvalue weighted by atomic mass is 32.2. The fourth-order valence-electron chi connectivity index (χ4n) is 2.30. The Morgan fingerprint density at radius 1 is 1.25 bits per heavy atom. The van der Waals surface area contributed by atoms with E-state index in [1.165, 1.54) is 18.2 Å². The predicted octanol–water partition coefficient (Wildman–Crippen LogP) is 2.09. The van der Waals surface area contributed by atoms with Crippen molar-refractivity contribution in [3.8, 4) is 0 Å². The van der Waals surface area contributed by atoms with Crippen LogP contribution in [0.5, 0.6) is 0 Å². The molecule has 0 radical (unpaired) electrons. The van der Waals surface area contributed by atoms with Crippen molar-refractivity contribution < 1.29 is 17.2 Å². The minimum absolute atomic E-state index is 0.256. The second kappa shape index (κ2) is 6.49. The molecule has 1 saturated heterocycles. The zero-order valence-corrected chi connectivity index (χ0v) is 11.8. The number of hydrogen-bond acceptors (Lipinski definition) is 4. The Morgan fingerprint density at radius 2 is 1.90 bits per heavy atom. The van der Waals surface area contributed by atoms with Crippen molar-refractivity contribution >= 4 is 15.5 Å². The van der Waals surface area contributed by atoms with Crippen LogP contribution in [0.15, 0.2) is 29.2 Å². The molecule has 7 heteroatoms. The van der Waals surface area contributed by atoms with E-state index in [9.17, 15) is 17.2 Å². The third-order valence-corrected chi connectivity index (χ3v) is 4.91. The van der Waals surface area contributed by atoms with Crippen LogP contribution in [0.1, 0.15) is 12.8 Å². The number of para-hydroxylation sites is 1. The average molecular weight is 304 g/mol. The van der Waals surface area contributed by atoms with Crippen LogP contribution >= 0.6 is 0 Å². The lowest BCUT2D eigenvalue weighted by molar-refractivity contribution is 0.235. The van der Waals surface area contributed by atoms with Crippen LogP contribution in [0.25, 0.3) is 0 Å². The maximum Gasteiger partial charge on any atom is 0.341 e. The molecule has 1 aliphatic rings. The Bertz CT molecular complexity index is 543. The molecule has 1 aromatic rings. The van der Waals surface area contributed by atoms with Crippen molar-refractivity contribution in [1.29, 1.82) is 0 Å². The van der Waals surface area contributed by atoms with Gasteiger partial charge in [0.25, 0.3) is 0 Å². The Kier molecular flexibility index (Phi) is 4.93. The van der Waals surface area contributed by atoms with Gasteiger partial charge in [0.1, 0.15) is 0 Å². The van der Waals surface area contributed by atoms with E-state index < -0.39 is 15.6 Å². The topological polar surface area (TPSA) is 58.2 Å². The number of hydrogen-bond donors (Lipinski definition) is 2. The molecule has 20 heavy (non-hydrogen) atoms. The molecule has 0 atom stereocenters. The van der Waals surface area contributed by atoms with Gasteiger partial charge in [-0.05, 0) is 44.0 Å². The van der Waals surface area contributed by atoms with Crippen molar-refractivity contribution in [3.63, 3.8) is 0 Å². The Labute approximate surface area is 117 Å². The van der Waals surface area contributed by atoms with Gasteiger partial charge in [-0.15, -0.1) is 0 Å². The zero-order valence-electron chi connectivity index (χ0n) is 11.0. The number of sulfone groups is 1. The first-order chi connectivity index (χ1) is 9.51. The van der Waals surface area contributed by atoms with Crippen molar-refractivity contribution in [3.05, 3.63) is 24.3 Å². The van der Waals surface area contributed by atoms with Crippen LogP contribution in [-0.4, -0.2) is 33.8 Å². The lowest BCUT2D eigenvalue weighted by atomic mass is 9.98. The summed E-state index contributed by atoms with van der Waals surface area (Å²) >= 11 is 0. The van der Waals surface area contributed by atoms with Gasteiger partial charge in [0, 0.05) is 6.54 Å². The highest BCUT2D eigenvalue weighted by molar-refractivity contribution is 7.91. The van der Waals surface area contributed by atoms with Crippen molar-refractivity contribution in [1.82, 2.24) is 5.32 Å². The Balaban J connectivity index is 2.12. The van der Waals surface area contributed by atoms with Gasteiger partial charge in [-0.1, -0.05) is 12.1 Å². The first-order valence-corrected chi connectivity index (χ1v) is 8.12. The van der Waals surface area contributed by atoms with E-state index in [0.29, 0.717) is 12.5 Å². The summed E-state index contributed by atoms with van der Waals surface area (Å²) in [5.74, 6) is -2.97. The van der Waals surface area contributed by atoms with E-state index in [1.807, 2.05) is 0 Å². The molecule has 1 heterocycles. The largest absolute Gasteiger partial charge is 0.384 e. The Morgan fingerprint density at radius 3 is 2.55 bits per heavy atom. The highest BCUT2D eigenvalue weighted by Crippen LogP contribution is 2.26. The van der Waals surface area contributed by atoms with Gasteiger partial charge < -0.3 is 10.6 Å². The molecule has 0 spiro atoms. The number of rotatable bonds is 5. The molecule has 2 rings (SSSR count). The summed E-state index contributed by atoms with van der Waals surface area (Å²) in [6.07, 6.45) is 1.99. The van der Waals surface area contributed by atoms with Gasteiger partial charge >= 0.3 is 5.76 Å². The molecule has 1 aliphatic heterocycles. The molecule has 112 valence electrons. The first kappa shape index (κ1) is 15.2. The second-order valence-corrected chi connectivity index (χ2v) is 6.76. The van der Waals surface area contributed by atoms with E-state index in [1.54, 1.807) is 6.07 Å². The number of anilines is 1. The monoisotopic (exact) mass is 304 g/mol. The minimum atomic E-state index is -4.57. The lowest BCUT2D eigenvalue weighted by Crippen LogP contribution is -2.31. The van der Waals surface area contributed by atoms with E-state index >= 15 is 0 Å². The molecular weight excluding hydrogens is 286 g/mol. The number of piperidine rings is 1. The zero-order chi connectivity index (χ0) is 14.6. The van der Waals surface area contributed by atoms with E-state index in [0.717, 1.165) is 25.9 Å². The summed E-state index contributed by atoms with van der Waals surface area (Å²) in [7, 11) is -4.57. The van der Waals surface area contributed by atoms with E-state index in [-0.39, 0.29) is 10.6 Å². The van der Waals surface area contributed by atoms with Gasteiger partial charge in [-0.3, -0.25) is 0 Å². The maximum absolute atomic E-state index is 12.6. The highest BCUT2D eigenvalue weighted by Gasteiger charge is 2.29. The first-order valence-electron chi connectivity index (χ1n) is 6.57. The van der Waals surface area contributed by atoms with Crippen LogP contribution in [0.2, 0.25) is 0 Å². The third kappa shape index (κ3) is 3.46. The second-order valence-electron chi connectivity index (χ2n) is 4.88. The van der Waals surface area contributed by atoms with Gasteiger partial charge in [-0.25, -0.2) is 8.42 Å². The predicted molar refractivity (Wildman–Crippen MR) is 73.7 cm³/mol. The summed E-state index contributed by atoms with van der Waals surface area (Å²) in [4.78, 5) is -0.330. The van der Waals surface area contributed by atoms with Crippen LogP contribution in [0, 0.1) is 5.92 Å². The maximum atomic E-state index is 12.6. The summed E-state index contributed by atoms with van der Waals surface area (Å²) in [6.45, 7) is 2.46. The van der Waals surface area contributed by atoms with Crippen LogP contribution in [0.4, 0.5) is 14.5 Å². The molecule has 0 amide bonds.